The van der Waals surface area contributed by atoms with Gasteiger partial charge in [-0.15, -0.1) is 0 Å². The van der Waals surface area contributed by atoms with Crippen LogP contribution in [0.2, 0.25) is 0 Å². The maximum absolute atomic E-state index is 13.1. The average molecular weight is 426 g/mol. The maximum Gasteiger partial charge on any atom is 0.278 e. The summed E-state index contributed by atoms with van der Waals surface area (Å²) in [4.78, 5) is 17.4. The minimum atomic E-state index is -3.56. The Hall–Kier alpha value is -3.04. The lowest BCUT2D eigenvalue weighted by Gasteiger charge is -2.25. The third-order valence-corrected chi connectivity index (χ3v) is 7.34. The largest absolute Gasteiger partial charge is 0.370 e. The van der Waals surface area contributed by atoms with Crippen molar-refractivity contribution in [2.24, 2.45) is 0 Å². The van der Waals surface area contributed by atoms with Gasteiger partial charge in [0.1, 0.15) is 0 Å². The predicted molar refractivity (Wildman–Crippen MR) is 115 cm³/mol. The molecule has 1 fully saturated rings. The Kier molecular flexibility index (Phi) is 5.40. The molecular weight excluding hydrogens is 404 g/mol. The molecule has 2 heterocycles. The molecule has 8 nitrogen and oxygen atoms in total. The first kappa shape index (κ1) is 20.2. The highest BCUT2D eigenvalue weighted by Crippen LogP contribution is 2.33. The van der Waals surface area contributed by atoms with E-state index in [1.54, 1.807) is 42.6 Å². The number of pyridine rings is 1. The second-order valence-corrected chi connectivity index (χ2v) is 9.28. The molecule has 0 N–H and O–H groups in total. The van der Waals surface area contributed by atoms with E-state index < -0.39 is 14.9 Å². The van der Waals surface area contributed by atoms with E-state index in [-0.39, 0.29) is 5.69 Å². The average Bonchev–Trinajstić information content (AvgIpc) is 3.00. The van der Waals surface area contributed by atoms with Crippen molar-refractivity contribution in [3.05, 3.63) is 70.5 Å². The number of aryl methyl sites for hydroxylation is 1. The molecule has 4 rings (SSSR count). The number of non-ortho nitro benzene ring substituents is 1. The molecule has 1 aromatic heterocycles. The van der Waals surface area contributed by atoms with Gasteiger partial charge in [-0.05, 0) is 37.6 Å². The Morgan fingerprint density at radius 3 is 2.47 bits per heavy atom. The van der Waals surface area contributed by atoms with E-state index in [0.29, 0.717) is 42.9 Å². The third-order valence-electron chi connectivity index (χ3n) is 5.42. The van der Waals surface area contributed by atoms with Gasteiger partial charge in [-0.3, -0.25) is 15.1 Å². The van der Waals surface area contributed by atoms with Gasteiger partial charge in [-0.1, -0.05) is 17.7 Å². The van der Waals surface area contributed by atoms with E-state index in [1.165, 1.54) is 16.6 Å². The fraction of sp³-hybridized carbons (Fsp3) is 0.286. The van der Waals surface area contributed by atoms with Crippen LogP contribution in [0.25, 0.3) is 10.8 Å². The van der Waals surface area contributed by atoms with Crippen molar-refractivity contribution in [3.63, 3.8) is 0 Å². The molecule has 0 spiro atoms. The van der Waals surface area contributed by atoms with Crippen LogP contribution in [0.3, 0.4) is 0 Å². The number of hydrogen-bond donors (Lipinski definition) is 0. The van der Waals surface area contributed by atoms with Crippen molar-refractivity contribution in [1.82, 2.24) is 9.29 Å². The molecule has 156 valence electrons. The van der Waals surface area contributed by atoms with Gasteiger partial charge < -0.3 is 4.90 Å². The molecule has 1 aliphatic heterocycles. The lowest BCUT2D eigenvalue weighted by atomic mass is 10.1. The Morgan fingerprint density at radius 1 is 0.967 bits per heavy atom. The van der Waals surface area contributed by atoms with Gasteiger partial charge in [0.2, 0.25) is 10.0 Å². The van der Waals surface area contributed by atoms with E-state index >= 15 is 0 Å². The molecule has 0 unspecified atom stereocenters. The summed E-state index contributed by atoms with van der Waals surface area (Å²) in [6.45, 7) is 3.86. The molecule has 0 amide bonds. The number of rotatable bonds is 4. The second-order valence-electron chi connectivity index (χ2n) is 7.34. The van der Waals surface area contributed by atoms with Crippen LogP contribution in [-0.4, -0.2) is 48.8 Å². The molecule has 9 heteroatoms. The summed E-state index contributed by atoms with van der Waals surface area (Å²) in [7, 11) is -3.56. The van der Waals surface area contributed by atoms with E-state index in [9.17, 15) is 18.5 Å². The smallest absolute Gasteiger partial charge is 0.278 e. The standard InChI is InChI=1S/C21H22N4O4S/c1-16-3-5-17(6-4-16)30(28,29)24-12-2-11-23(13-14-24)20-7-8-21(25(26)27)19-15-22-10-9-18(19)20/h3-10,15H,2,11-14H2,1H3. The normalized spacial score (nSPS) is 15.8. The molecule has 0 saturated carbocycles. The summed E-state index contributed by atoms with van der Waals surface area (Å²) in [5.74, 6) is 0. The van der Waals surface area contributed by atoms with E-state index in [1.807, 2.05) is 6.92 Å². The zero-order valence-corrected chi connectivity index (χ0v) is 17.4. The molecule has 0 bridgehead atoms. The van der Waals surface area contributed by atoms with Crippen LogP contribution in [-0.2, 0) is 10.0 Å². The number of anilines is 1. The molecule has 1 aliphatic rings. The first-order valence-electron chi connectivity index (χ1n) is 9.71. The maximum atomic E-state index is 13.1. The van der Waals surface area contributed by atoms with Crippen LogP contribution in [0.4, 0.5) is 11.4 Å². The van der Waals surface area contributed by atoms with Crippen molar-refractivity contribution in [3.8, 4) is 0 Å². The molecular formula is C21H22N4O4S. The highest BCUT2D eigenvalue weighted by atomic mass is 32.2. The van der Waals surface area contributed by atoms with Gasteiger partial charge in [-0.25, -0.2) is 8.42 Å². The first-order chi connectivity index (χ1) is 14.4. The molecule has 30 heavy (non-hydrogen) atoms. The van der Waals surface area contributed by atoms with Crippen LogP contribution >= 0.6 is 0 Å². The van der Waals surface area contributed by atoms with Crippen LogP contribution < -0.4 is 4.90 Å². The summed E-state index contributed by atoms with van der Waals surface area (Å²) in [6, 6.07) is 11.9. The fourth-order valence-electron chi connectivity index (χ4n) is 3.83. The van der Waals surface area contributed by atoms with Gasteiger partial charge in [0.05, 0.1) is 15.2 Å². The molecule has 0 atom stereocenters. The van der Waals surface area contributed by atoms with Gasteiger partial charge in [0.25, 0.3) is 5.69 Å². The summed E-state index contributed by atoms with van der Waals surface area (Å²) in [6.07, 6.45) is 3.78. The first-order valence-corrected chi connectivity index (χ1v) is 11.1. The van der Waals surface area contributed by atoms with Crippen molar-refractivity contribution >= 4 is 32.2 Å². The summed E-state index contributed by atoms with van der Waals surface area (Å²) < 4.78 is 27.6. The van der Waals surface area contributed by atoms with Crippen molar-refractivity contribution in [2.45, 2.75) is 18.2 Å². The van der Waals surface area contributed by atoms with Gasteiger partial charge in [0.15, 0.2) is 0 Å². The number of fused-ring (bicyclic) bond motifs is 1. The number of aromatic nitrogens is 1. The highest BCUT2D eigenvalue weighted by Gasteiger charge is 2.28. The van der Waals surface area contributed by atoms with Gasteiger partial charge >= 0.3 is 0 Å². The predicted octanol–water partition coefficient (Wildman–Crippen LogP) is 3.35. The number of nitro groups is 1. The molecule has 0 aliphatic carbocycles. The lowest BCUT2D eigenvalue weighted by molar-refractivity contribution is -0.383. The molecule has 1 saturated heterocycles. The number of nitro benzene ring substituents is 1. The van der Waals surface area contributed by atoms with Crippen LogP contribution in [0, 0.1) is 17.0 Å². The van der Waals surface area contributed by atoms with E-state index in [4.69, 9.17) is 0 Å². The topological polar surface area (TPSA) is 96.7 Å². The van der Waals surface area contributed by atoms with Crippen LogP contribution in [0.5, 0.6) is 0 Å². The van der Waals surface area contributed by atoms with Gasteiger partial charge in [0, 0.05) is 55.7 Å². The van der Waals surface area contributed by atoms with E-state index in [2.05, 4.69) is 9.88 Å². The van der Waals surface area contributed by atoms with Crippen LogP contribution in [0.1, 0.15) is 12.0 Å². The quantitative estimate of drug-likeness (QED) is 0.469. The minimum Gasteiger partial charge on any atom is -0.370 e. The second kappa shape index (κ2) is 8.00. The number of benzene rings is 2. The number of sulfonamides is 1. The van der Waals surface area contributed by atoms with E-state index in [0.717, 1.165) is 16.6 Å². The summed E-state index contributed by atoms with van der Waals surface area (Å²) >= 11 is 0. The lowest BCUT2D eigenvalue weighted by Crippen LogP contribution is -2.35. The van der Waals surface area contributed by atoms with Crippen molar-refractivity contribution < 1.29 is 13.3 Å². The molecule has 0 radical (unpaired) electrons. The Labute approximate surface area is 175 Å². The summed E-state index contributed by atoms with van der Waals surface area (Å²) in [5, 5.41) is 12.6. The number of nitrogens with zero attached hydrogens (tertiary/aromatic N) is 4. The Balaban J connectivity index is 1.62. The highest BCUT2D eigenvalue weighted by molar-refractivity contribution is 7.89. The molecule has 3 aromatic rings. The molecule has 2 aromatic carbocycles. The number of hydrogen-bond acceptors (Lipinski definition) is 6. The van der Waals surface area contributed by atoms with Crippen molar-refractivity contribution in [1.29, 1.82) is 0 Å². The Bertz CT molecular complexity index is 1200. The Morgan fingerprint density at radius 2 is 1.73 bits per heavy atom. The summed E-state index contributed by atoms with van der Waals surface area (Å²) in [5.41, 5.74) is 1.88. The SMILES string of the molecule is Cc1ccc(S(=O)(=O)N2CCCN(c3ccc([N+](=O)[O-])c4cnccc34)CC2)cc1. The fourth-order valence-corrected chi connectivity index (χ4v) is 5.30. The minimum absolute atomic E-state index is 0.0141. The zero-order valence-electron chi connectivity index (χ0n) is 16.6. The van der Waals surface area contributed by atoms with Gasteiger partial charge in [-0.2, -0.15) is 4.31 Å². The van der Waals surface area contributed by atoms with Crippen molar-refractivity contribution in [2.75, 3.05) is 31.1 Å². The monoisotopic (exact) mass is 426 g/mol. The zero-order chi connectivity index (χ0) is 21.3. The third kappa shape index (κ3) is 3.73. The van der Waals surface area contributed by atoms with Crippen LogP contribution in [0.15, 0.2) is 59.8 Å².